The van der Waals surface area contributed by atoms with E-state index >= 15 is 0 Å². The van der Waals surface area contributed by atoms with Gasteiger partial charge in [0.05, 0.1) is 11.8 Å². The van der Waals surface area contributed by atoms with Crippen molar-refractivity contribution >= 4 is 17.4 Å². The van der Waals surface area contributed by atoms with Crippen molar-refractivity contribution in [2.45, 2.75) is 6.10 Å². The number of aliphatic hydroxyl groups excluding tert-OH is 1. The highest BCUT2D eigenvalue weighted by atomic mass is 35.5. The molecule has 0 saturated heterocycles. The van der Waals surface area contributed by atoms with Crippen LogP contribution in [-0.4, -0.2) is 21.6 Å². The van der Waals surface area contributed by atoms with Gasteiger partial charge in [0.25, 0.3) is 0 Å². The van der Waals surface area contributed by atoms with Gasteiger partial charge in [-0.2, -0.15) is 0 Å². The molecule has 0 spiro atoms. The summed E-state index contributed by atoms with van der Waals surface area (Å²) in [6.45, 7) is 0.371. The Morgan fingerprint density at radius 1 is 1.00 bits per heavy atom. The number of anilines is 1. The summed E-state index contributed by atoms with van der Waals surface area (Å²) in [5, 5.41) is 14.0. The minimum Gasteiger partial charge on any atom is -0.387 e. The van der Waals surface area contributed by atoms with Gasteiger partial charge in [0, 0.05) is 23.2 Å². The van der Waals surface area contributed by atoms with Crippen LogP contribution < -0.4 is 5.32 Å². The van der Waals surface area contributed by atoms with Crippen LogP contribution in [0.5, 0.6) is 0 Å². The third-order valence-electron chi connectivity index (χ3n) is 3.45. The van der Waals surface area contributed by atoms with E-state index in [1.807, 2.05) is 60.7 Å². The van der Waals surface area contributed by atoms with E-state index in [4.69, 9.17) is 11.6 Å². The van der Waals surface area contributed by atoms with Gasteiger partial charge in [-0.15, -0.1) is 0 Å². The van der Waals surface area contributed by atoms with Gasteiger partial charge in [-0.05, 0) is 17.7 Å². The molecule has 0 radical (unpaired) electrons. The molecule has 116 valence electrons. The maximum absolute atomic E-state index is 10.2. The molecule has 5 heteroatoms. The Balaban J connectivity index is 1.71. The Morgan fingerprint density at radius 3 is 2.61 bits per heavy atom. The second kappa shape index (κ2) is 7.22. The predicted molar refractivity (Wildman–Crippen MR) is 92.4 cm³/mol. The lowest BCUT2D eigenvalue weighted by Crippen LogP contribution is -2.13. The second-order valence-corrected chi connectivity index (χ2v) is 5.54. The van der Waals surface area contributed by atoms with Crippen molar-refractivity contribution < 1.29 is 5.11 Å². The van der Waals surface area contributed by atoms with Crippen molar-refractivity contribution in [3.05, 3.63) is 77.6 Å². The Morgan fingerprint density at radius 2 is 1.83 bits per heavy atom. The van der Waals surface area contributed by atoms with E-state index < -0.39 is 6.10 Å². The lowest BCUT2D eigenvalue weighted by atomic mass is 10.1. The number of hydrogen-bond donors (Lipinski definition) is 2. The number of aromatic nitrogens is 2. The molecule has 0 saturated carbocycles. The van der Waals surface area contributed by atoms with Crippen molar-refractivity contribution in [3.8, 4) is 11.3 Å². The van der Waals surface area contributed by atoms with E-state index in [1.54, 1.807) is 0 Å². The topological polar surface area (TPSA) is 58.0 Å². The summed E-state index contributed by atoms with van der Waals surface area (Å²) in [5.74, 6) is 0.657. The fraction of sp³-hybridized carbons (Fsp3) is 0.111. The third-order valence-corrected chi connectivity index (χ3v) is 3.68. The van der Waals surface area contributed by atoms with Crippen LogP contribution in [0.25, 0.3) is 11.3 Å². The lowest BCUT2D eigenvalue weighted by Gasteiger charge is -2.13. The molecule has 23 heavy (non-hydrogen) atoms. The fourth-order valence-electron chi connectivity index (χ4n) is 2.25. The Labute approximate surface area is 139 Å². The number of hydrogen-bond acceptors (Lipinski definition) is 4. The molecule has 3 rings (SSSR count). The van der Waals surface area contributed by atoms with E-state index in [2.05, 4.69) is 15.3 Å². The average Bonchev–Trinajstić information content (AvgIpc) is 2.61. The van der Waals surface area contributed by atoms with Gasteiger partial charge in [0.2, 0.25) is 0 Å². The van der Waals surface area contributed by atoms with Gasteiger partial charge in [-0.3, -0.25) is 0 Å². The van der Waals surface area contributed by atoms with Crippen LogP contribution in [0.1, 0.15) is 11.7 Å². The van der Waals surface area contributed by atoms with Gasteiger partial charge in [0.1, 0.15) is 12.1 Å². The van der Waals surface area contributed by atoms with Gasteiger partial charge in [-0.1, -0.05) is 54.1 Å². The smallest absolute Gasteiger partial charge is 0.130 e. The van der Waals surface area contributed by atoms with Gasteiger partial charge < -0.3 is 10.4 Å². The third kappa shape index (κ3) is 4.06. The predicted octanol–water partition coefficient (Wildman–Crippen LogP) is 3.94. The molecule has 1 unspecified atom stereocenters. The normalized spacial score (nSPS) is 11.9. The highest BCUT2D eigenvalue weighted by Gasteiger charge is 2.08. The summed E-state index contributed by atoms with van der Waals surface area (Å²) in [7, 11) is 0. The molecule has 0 aliphatic heterocycles. The Kier molecular flexibility index (Phi) is 4.86. The maximum Gasteiger partial charge on any atom is 0.130 e. The second-order valence-electron chi connectivity index (χ2n) is 5.11. The number of aliphatic hydroxyl groups is 1. The Hall–Kier alpha value is -2.43. The van der Waals surface area contributed by atoms with Crippen molar-refractivity contribution in [1.29, 1.82) is 0 Å². The van der Waals surface area contributed by atoms with Crippen molar-refractivity contribution in [1.82, 2.24) is 9.97 Å². The first kappa shape index (κ1) is 15.5. The molecule has 2 N–H and O–H groups in total. The molecule has 1 heterocycles. The number of rotatable bonds is 5. The van der Waals surface area contributed by atoms with Crippen LogP contribution in [0.15, 0.2) is 67.0 Å². The molecule has 0 amide bonds. The van der Waals surface area contributed by atoms with Crippen LogP contribution in [0, 0.1) is 0 Å². The zero-order valence-electron chi connectivity index (χ0n) is 12.4. The number of nitrogens with one attached hydrogen (secondary N) is 1. The first-order valence-electron chi connectivity index (χ1n) is 7.27. The highest BCUT2D eigenvalue weighted by molar-refractivity contribution is 6.30. The van der Waals surface area contributed by atoms with Crippen LogP contribution in [0.2, 0.25) is 5.02 Å². The summed E-state index contributed by atoms with van der Waals surface area (Å²) in [4.78, 5) is 8.45. The lowest BCUT2D eigenvalue weighted by molar-refractivity contribution is 0.191. The average molecular weight is 326 g/mol. The molecule has 0 fully saturated rings. The summed E-state index contributed by atoms with van der Waals surface area (Å²) in [6.07, 6.45) is 0.897. The standard InChI is InChI=1S/C18H16ClN3O/c19-15-8-4-7-14(9-15)16-10-18(22-12-21-16)20-11-17(23)13-5-2-1-3-6-13/h1-10,12,17,23H,11H2,(H,20,21,22). The molecule has 1 aromatic heterocycles. The molecule has 4 nitrogen and oxygen atoms in total. The van der Waals surface area contributed by atoms with Crippen LogP contribution >= 0.6 is 11.6 Å². The zero-order valence-corrected chi connectivity index (χ0v) is 13.1. The summed E-state index contributed by atoms with van der Waals surface area (Å²) < 4.78 is 0. The molecule has 3 aromatic rings. The van der Waals surface area contributed by atoms with Crippen LogP contribution in [0.4, 0.5) is 5.82 Å². The van der Waals surface area contributed by atoms with E-state index in [-0.39, 0.29) is 0 Å². The summed E-state index contributed by atoms with van der Waals surface area (Å²) >= 11 is 6.01. The monoisotopic (exact) mass is 325 g/mol. The van der Waals surface area contributed by atoms with Crippen LogP contribution in [-0.2, 0) is 0 Å². The summed E-state index contributed by atoms with van der Waals surface area (Å²) in [6, 6.07) is 18.8. The molecule has 2 aromatic carbocycles. The first-order valence-corrected chi connectivity index (χ1v) is 7.65. The van der Waals surface area contributed by atoms with Crippen molar-refractivity contribution in [2.24, 2.45) is 0 Å². The fourth-order valence-corrected chi connectivity index (χ4v) is 2.44. The largest absolute Gasteiger partial charge is 0.387 e. The molecule has 0 aliphatic carbocycles. The maximum atomic E-state index is 10.2. The van der Waals surface area contributed by atoms with E-state index in [1.165, 1.54) is 6.33 Å². The molecule has 0 bridgehead atoms. The first-order chi connectivity index (χ1) is 11.2. The molecular weight excluding hydrogens is 310 g/mol. The minimum absolute atomic E-state index is 0.371. The zero-order chi connectivity index (χ0) is 16.1. The number of nitrogens with zero attached hydrogens (tertiary/aromatic N) is 2. The van der Waals surface area contributed by atoms with E-state index in [0.717, 1.165) is 16.8 Å². The SMILES string of the molecule is OC(CNc1cc(-c2cccc(Cl)c2)ncn1)c1ccccc1. The van der Waals surface area contributed by atoms with E-state index in [0.29, 0.717) is 17.4 Å². The summed E-state index contributed by atoms with van der Waals surface area (Å²) in [5.41, 5.74) is 2.56. The molecular formula is C18H16ClN3O. The molecule has 0 aliphatic rings. The quantitative estimate of drug-likeness (QED) is 0.746. The number of benzene rings is 2. The van der Waals surface area contributed by atoms with E-state index in [9.17, 15) is 5.11 Å². The number of halogens is 1. The van der Waals surface area contributed by atoms with Gasteiger partial charge in [-0.25, -0.2) is 9.97 Å². The van der Waals surface area contributed by atoms with Gasteiger partial charge in [0.15, 0.2) is 0 Å². The highest BCUT2D eigenvalue weighted by Crippen LogP contribution is 2.22. The van der Waals surface area contributed by atoms with Crippen molar-refractivity contribution in [2.75, 3.05) is 11.9 Å². The van der Waals surface area contributed by atoms with Crippen molar-refractivity contribution in [3.63, 3.8) is 0 Å². The minimum atomic E-state index is -0.596. The Bertz CT molecular complexity index is 780. The van der Waals surface area contributed by atoms with Crippen LogP contribution in [0.3, 0.4) is 0 Å². The molecule has 1 atom stereocenters. The van der Waals surface area contributed by atoms with Gasteiger partial charge >= 0.3 is 0 Å².